The molecule has 3 heterocycles. The van der Waals surface area contributed by atoms with Crippen molar-refractivity contribution in [2.24, 2.45) is 11.3 Å². The van der Waals surface area contributed by atoms with Gasteiger partial charge in [-0.25, -0.2) is 9.78 Å². The maximum absolute atomic E-state index is 13.7. The molecule has 37 heavy (non-hydrogen) atoms. The van der Waals surface area contributed by atoms with Crippen LogP contribution in [0.3, 0.4) is 0 Å². The first-order valence-corrected chi connectivity index (χ1v) is 12.9. The largest absolute Gasteiger partial charge is 0.480 e. The SMILES string of the molecule is COC1CCCCOC(=O)C[C@@H](C(C)(C)C)C(=O)N2C[C@@H](C[C@H]2C(=O)O)Oc2nccc3ccc1cc23. The van der Waals surface area contributed by atoms with Crippen molar-refractivity contribution in [2.45, 2.75) is 71.1 Å². The number of cyclic esters (lactones) is 1. The van der Waals surface area contributed by atoms with Gasteiger partial charge in [0, 0.05) is 25.1 Å². The summed E-state index contributed by atoms with van der Waals surface area (Å²) in [5.74, 6) is -2.26. The predicted molar refractivity (Wildman–Crippen MR) is 136 cm³/mol. The highest BCUT2D eigenvalue weighted by molar-refractivity contribution is 5.89. The van der Waals surface area contributed by atoms with Crippen LogP contribution in [0.4, 0.5) is 0 Å². The highest BCUT2D eigenvalue weighted by atomic mass is 16.5. The Hall–Kier alpha value is -3.20. The fourth-order valence-electron chi connectivity index (χ4n) is 5.20. The van der Waals surface area contributed by atoms with E-state index in [1.165, 1.54) is 4.90 Å². The highest BCUT2D eigenvalue weighted by Crippen LogP contribution is 2.36. The fourth-order valence-corrected chi connectivity index (χ4v) is 5.20. The van der Waals surface area contributed by atoms with E-state index in [1.807, 2.05) is 45.0 Å². The van der Waals surface area contributed by atoms with Gasteiger partial charge in [-0.15, -0.1) is 0 Å². The molecule has 1 aromatic carbocycles. The minimum Gasteiger partial charge on any atom is -0.480 e. The first-order valence-electron chi connectivity index (χ1n) is 12.9. The molecule has 1 unspecified atom stereocenters. The molecule has 9 heteroatoms. The van der Waals surface area contributed by atoms with Crippen molar-refractivity contribution < 1.29 is 33.7 Å². The molecule has 2 aromatic rings. The van der Waals surface area contributed by atoms with Crippen molar-refractivity contribution in [3.63, 3.8) is 0 Å². The van der Waals surface area contributed by atoms with Gasteiger partial charge in [0.15, 0.2) is 0 Å². The normalized spacial score (nSPS) is 25.9. The molecule has 200 valence electrons. The number of benzene rings is 1. The van der Waals surface area contributed by atoms with Crippen LogP contribution in [0.1, 0.15) is 64.5 Å². The molecule has 9 nitrogen and oxygen atoms in total. The zero-order valence-electron chi connectivity index (χ0n) is 21.9. The van der Waals surface area contributed by atoms with Gasteiger partial charge in [0.1, 0.15) is 12.1 Å². The van der Waals surface area contributed by atoms with Gasteiger partial charge < -0.3 is 24.2 Å². The fraction of sp³-hybridized carbons (Fsp3) is 0.571. The molecule has 0 aliphatic carbocycles. The first kappa shape index (κ1) is 26.9. The molecule has 4 bridgehead atoms. The van der Waals surface area contributed by atoms with Gasteiger partial charge in [0.25, 0.3) is 0 Å². The molecule has 1 saturated heterocycles. The summed E-state index contributed by atoms with van der Waals surface area (Å²) < 4.78 is 17.5. The third-order valence-electron chi connectivity index (χ3n) is 7.36. The Bertz CT molecular complexity index is 1160. The number of amides is 1. The van der Waals surface area contributed by atoms with E-state index in [0.29, 0.717) is 12.3 Å². The van der Waals surface area contributed by atoms with E-state index in [4.69, 9.17) is 14.2 Å². The van der Waals surface area contributed by atoms with Crippen molar-refractivity contribution >= 4 is 28.6 Å². The van der Waals surface area contributed by atoms with Crippen molar-refractivity contribution in [3.05, 3.63) is 36.0 Å². The number of pyridine rings is 1. The summed E-state index contributed by atoms with van der Waals surface area (Å²) in [7, 11) is 1.67. The Morgan fingerprint density at radius 1 is 1.19 bits per heavy atom. The van der Waals surface area contributed by atoms with Crippen LogP contribution in [-0.2, 0) is 23.9 Å². The van der Waals surface area contributed by atoms with Crippen LogP contribution < -0.4 is 4.74 Å². The number of fused-ring (bicyclic) bond motifs is 3. The van der Waals surface area contributed by atoms with Crippen LogP contribution in [0.15, 0.2) is 30.5 Å². The molecule has 1 N–H and O–H groups in total. The van der Waals surface area contributed by atoms with E-state index < -0.39 is 35.4 Å². The van der Waals surface area contributed by atoms with E-state index in [2.05, 4.69) is 4.98 Å². The van der Waals surface area contributed by atoms with Crippen molar-refractivity contribution in [3.8, 4) is 5.88 Å². The van der Waals surface area contributed by atoms with Gasteiger partial charge in [0.2, 0.25) is 11.8 Å². The first-order chi connectivity index (χ1) is 17.6. The zero-order chi connectivity index (χ0) is 26.7. The minimum absolute atomic E-state index is 0.0931. The number of carboxylic acids is 1. The van der Waals surface area contributed by atoms with E-state index in [0.717, 1.165) is 29.2 Å². The van der Waals surface area contributed by atoms with Crippen LogP contribution in [0.5, 0.6) is 5.88 Å². The average Bonchev–Trinajstić information content (AvgIpc) is 3.27. The molecule has 4 atom stereocenters. The lowest BCUT2D eigenvalue weighted by Gasteiger charge is -2.33. The summed E-state index contributed by atoms with van der Waals surface area (Å²) in [6, 6.07) is 6.85. The summed E-state index contributed by atoms with van der Waals surface area (Å²) in [5, 5.41) is 11.7. The number of hydrogen-bond donors (Lipinski definition) is 1. The number of rotatable bonds is 2. The van der Waals surface area contributed by atoms with Crippen LogP contribution in [0.2, 0.25) is 0 Å². The van der Waals surface area contributed by atoms with Crippen molar-refractivity contribution in [1.82, 2.24) is 9.88 Å². The summed E-state index contributed by atoms with van der Waals surface area (Å²) in [6.07, 6.45) is 3.17. The number of aliphatic carboxylic acids is 1. The molecule has 1 aromatic heterocycles. The molecule has 2 aliphatic rings. The zero-order valence-corrected chi connectivity index (χ0v) is 21.9. The summed E-state index contributed by atoms with van der Waals surface area (Å²) in [4.78, 5) is 44.3. The number of carbonyl (C=O) groups is 3. The van der Waals surface area contributed by atoms with Gasteiger partial charge in [-0.05, 0) is 47.8 Å². The van der Waals surface area contributed by atoms with Gasteiger partial charge in [-0.1, -0.05) is 32.9 Å². The van der Waals surface area contributed by atoms with Crippen LogP contribution in [0.25, 0.3) is 10.8 Å². The molecule has 0 spiro atoms. The molecule has 0 radical (unpaired) electrons. The number of methoxy groups -OCH3 is 1. The summed E-state index contributed by atoms with van der Waals surface area (Å²) in [6.45, 7) is 5.96. The van der Waals surface area contributed by atoms with Crippen LogP contribution >= 0.6 is 0 Å². The van der Waals surface area contributed by atoms with Gasteiger partial charge in [0.05, 0.1) is 31.6 Å². The second-order valence-corrected chi connectivity index (χ2v) is 11.0. The predicted octanol–water partition coefficient (Wildman–Crippen LogP) is 4.13. The Morgan fingerprint density at radius 2 is 1.97 bits per heavy atom. The smallest absolute Gasteiger partial charge is 0.326 e. The lowest BCUT2D eigenvalue weighted by molar-refractivity contribution is -0.155. The van der Waals surface area contributed by atoms with E-state index >= 15 is 0 Å². The number of nitrogens with zero attached hydrogens (tertiary/aromatic N) is 2. The average molecular weight is 513 g/mol. The molecular weight excluding hydrogens is 476 g/mol. The van der Waals surface area contributed by atoms with E-state index in [9.17, 15) is 19.5 Å². The number of aromatic nitrogens is 1. The number of carboxylic acid groups (broad SMARTS) is 1. The summed E-state index contributed by atoms with van der Waals surface area (Å²) in [5.41, 5.74) is 0.406. The number of ether oxygens (including phenoxy) is 3. The maximum atomic E-state index is 13.7. The lowest BCUT2D eigenvalue weighted by atomic mass is 9.77. The molecule has 1 amide bonds. The Labute approximate surface area is 217 Å². The van der Waals surface area contributed by atoms with Gasteiger partial charge in [-0.3, -0.25) is 9.59 Å². The standard InChI is InChI=1S/C28H36N2O7/c1-28(2,3)21-15-24(31)36-12-6-5-7-23(35-4)18-9-8-17-10-11-29-25(20(17)13-18)37-19-14-22(27(33)34)30(16-19)26(21)32/h8-11,13,19,21-23H,5-7,12,14-16H2,1-4H3,(H,33,34)/t19-,21-,22+,23?/m1/s1. The monoisotopic (exact) mass is 512 g/mol. The van der Waals surface area contributed by atoms with Gasteiger partial charge >= 0.3 is 11.9 Å². The molecule has 2 aliphatic heterocycles. The second-order valence-electron chi connectivity index (χ2n) is 11.0. The molecular formula is C28H36N2O7. The van der Waals surface area contributed by atoms with Crippen molar-refractivity contribution in [2.75, 3.05) is 20.3 Å². The van der Waals surface area contributed by atoms with E-state index in [-0.39, 0.29) is 38.0 Å². The van der Waals surface area contributed by atoms with Crippen LogP contribution in [0, 0.1) is 11.3 Å². The molecule has 0 saturated carbocycles. The number of carbonyl (C=O) groups excluding carboxylic acids is 2. The molecule has 4 rings (SSSR count). The summed E-state index contributed by atoms with van der Waals surface area (Å²) >= 11 is 0. The lowest BCUT2D eigenvalue weighted by Crippen LogP contribution is -2.47. The third-order valence-corrected chi connectivity index (χ3v) is 7.36. The van der Waals surface area contributed by atoms with Crippen LogP contribution in [-0.4, -0.2) is 65.2 Å². The minimum atomic E-state index is -1.10. The quantitative estimate of drug-likeness (QED) is 0.597. The Kier molecular flexibility index (Phi) is 8.02. The highest BCUT2D eigenvalue weighted by Gasteiger charge is 2.46. The third kappa shape index (κ3) is 6.04. The number of hydrogen-bond acceptors (Lipinski definition) is 7. The Balaban J connectivity index is 1.72. The van der Waals surface area contributed by atoms with Crippen molar-refractivity contribution in [1.29, 1.82) is 0 Å². The molecule has 1 fully saturated rings. The number of esters is 1. The Morgan fingerprint density at radius 3 is 2.68 bits per heavy atom. The second kappa shape index (κ2) is 11.0. The van der Waals surface area contributed by atoms with Gasteiger partial charge in [-0.2, -0.15) is 0 Å². The van der Waals surface area contributed by atoms with E-state index in [1.54, 1.807) is 13.3 Å². The topological polar surface area (TPSA) is 115 Å². The maximum Gasteiger partial charge on any atom is 0.326 e.